The lowest BCUT2D eigenvalue weighted by Gasteiger charge is -2.32. The van der Waals surface area contributed by atoms with Gasteiger partial charge in [-0.3, -0.25) is 4.79 Å². The molecule has 30 heavy (non-hydrogen) atoms. The first kappa shape index (κ1) is 22.6. The second kappa shape index (κ2) is 9.81. The number of carbonyl (C=O) groups excluding carboxylic acids is 1. The van der Waals surface area contributed by atoms with Crippen LogP contribution >= 0.6 is 11.6 Å². The highest BCUT2D eigenvalue weighted by molar-refractivity contribution is 7.88. The fourth-order valence-corrected chi connectivity index (χ4v) is 5.46. The Hall–Kier alpha value is -2.09. The molecule has 1 aliphatic rings. The Bertz CT molecular complexity index is 979. The van der Waals surface area contributed by atoms with E-state index in [1.165, 1.54) is 4.31 Å². The van der Waals surface area contributed by atoms with E-state index in [0.29, 0.717) is 35.7 Å². The first-order valence-electron chi connectivity index (χ1n) is 9.95. The van der Waals surface area contributed by atoms with Crippen molar-refractivity contribution in [1.29, 1.82) is 0 Å². The van der Waals surface area contributed by atoms with Gasteiger partial charge in [-0.25, -0.2) is 12.7 Å². The Morgan fingerprint density at radius 3 is 2.63 bits per heavy atom. The molecule has 8 heteroatoms. The van der Waals surface area contributed by atoms with Gasteiger partial charge in [-0.05, 0) is 43.5 Å². The number of methoxy groups -OCH3 is 1. The number of ether oxygens (including phenoxy) is 1. The first-order chi connectivity index (χ1) is 14.3. The van der Waals surface area contributed by atoms with E-state index in [2.05, 4.69) is 5.32 Å². The lowest BCUT2D eigenvalue weighted by molar-refractivity contribution is -0.126. The van der Waals surface area contributed by atoms with Crippen LogP contribution in [0.2, 0.25) is 5.02 Å². The summed E-state index contributed by atoms with van der Waals surface area (Å²) in [7, 11) is -1.92. The number of amides is 1. The molecule has 162 valence electrons. The fraction of sp³-hybridized carbons (Fsp3) is 0.409. The van der Waals surface area contributed by atoms with Crippen LogP contribution < -0.4 is 10.1 Å². The van der Waals surface area contributed by atoms with Gasteiger partial charge in [0.15, 0.2) is 0 Å². The Morgan fingerprint density at radius 2 is 1.93 bits per heavy atom. The van der Waals surface area contributed by atoms with Crippen LogP contribution in [0.3, 0.4) is 0 Å². The number of hydrogen-bond donors (Lipinski definition) is 1. The second-order valence-corrected chi connectivity index (χ2v) is 9.96. The maximum absolute atomic E-state index is 12.9. The largest absolute Gasteiger partial charge is 0.496 e. The number of sulfonamides is 1. The van der Waals surface area contributed by atoms with Crippen LogP contribution in [-0.2, 0) is 20.6 Å². The summed E-state index contributed by atoms with van der Waals surface area (Å²) in [6, 6.07) is 14.1. The fourth-order valence-electron chi connectivity index (χ4n) is 3.72. The van der Waals surface area contributed by atoms with E-state index < -0.39 is 10.0 Å². The number of nitrogens with one attached hydrogen (secondary N) is 1. The third kappa shape index (κ3) is 5.53. The number of hydrogen-bond acceptors (Lipinski definition) is 4. The molecule has 2 aromatic carbocycles. The monoisotopic (exact) mass is 450 g/mol. The van der Waals surface area contributed by atoms with Crippen molar-refractivity contribution in [3.05, 3.63) is 64.7 Å². The molecule has 0 aliphatic carbocycles. The molecule has 1 N–H and O–H groups in total. The van der Waals surface area contributed by atoms with Crippen molar-refractivity contribution >= 4 is 27.5 Å². The summed E-state index contributed by atoms with van der Waals surface area (Å²) >= 11 is 5.88. The number of halogens is 1. The quantitative estimate of drug-likeness (QED) is 0.696. The number of benzene rings is 2. The highest BCUT2D eigenvalue weighted by atomic mass is 35.5. The molecule has 1 aliphatic heterocycles. The standard InChI is InChI=1S/C22H27ClN2O4S/c1-16(20-7-3-4-8-21(20)29-2)24-22(26)18-6-5-13-25(14-18)30(27,28)15-17-9-11-19(23)12-10-17/h3-4,7-12,16,18H,5-6,13-15H2,1-2H3,(H,24,26)/t16-,18-/m0/s1. The van der Waals surface area contributed by atoms with Gasteiger partial charge in [0.05, 0.1) is 24.8 Å². The molecule has 0 spiro atoms. The zero-order valence-electron chi connectivity index (χ0n) is 17.2. The van der Waals surface area contributed by atoms with Crippen LogP contribution in [0.25, 0.3) is 0 Å². The van der Waals surface area contributed by atoms with Gasteiger partial charge in [0.25, 0.3) is 0 Å². The van der Waals surface area contributed by atoms with Gasteiger partial charge in [-0.1, -0.05) is 41.9 Å². The van der Waals surface area contributed by atoms with Crippen LogP contribution in [0.4, 0.5) is 0 Å². The van der Waals surface area contributed by atoms with Crippen LogP contribution in [0.1, 0.15) is 36.9 Å². The van der Waals surface area contributed by atoms with Crippen molar-refractivity contribution in [3.63, 3.8) is 0 Å². The minimum atomic E-state index is -3.52. The van der Waals surface area contributed by atoms with Crippen molar-refractivity contribution in [2.45, 2.75) is 31.6 Å². The highest BCUT2D eigenvalue weighted by Gasteiger charge is 2.33. The zero-order chi connectivity index (χ0) is 21.7. The van der Waals surface area contributed by atoms with Crippen molar-refractivity contribution in [1.82, 2.24) is 9.62 Å². The minimum Gasteiger partial charge on any atom is -0.496 e. The van der Waals surface area contributed by atoms with Crippen LogP contribution in [-0.4, -0.2) is 38.8 Å². The number of rotatable bonds is 7. The van der Waals surface area contributed by atoms with E-state index in [0.717, 1.165) is 5.56 Å². The van der Waals surface area contributed by atoms with E-state index in [4.69, 9.17) is 16.3 Å². The SMILES string of the molecule is COc1ccccc1[C@H](C)NC(=O)[C@H]1CCCN(S(=O)(=O)Cc2ccc(Cl)cc2)C1. The van der Waals surface area contributed by atoms with Crippen molar-refractivity contribution < 1.29 is 17.9 Å². The lowest BCUT2D eigenvalue weighted by Crippen LogP contribution is -2.46. The van der Waals surface area contributed by atoms with E-state index in [1.807, 2.05) is 31.2 Å². The van der Waals surface area contributed by atoms with E-state index in [1.54, 1.807) is 31.4 Å². The summed E-state index contributed by atoms with van der Waals surface area (Å²) in [6.07, 6.45) is 1.32. The molecule has 1 amide bonds. The molecular weight excluding hydrogens is 424 g/mol. The van der Waals surface area contributed by atoms with Gasteiger partial charge >= 0.3 is 0 Å². The topological polar surface area (TPSA) is 75.7 Å². The summed E-state index contributed by atoms with van der Waals surface area (Å²) in [4.78, 5) is 12.9. The number of para-hydroxylation sites is 1. The summed E-state index contributed by atoms with van der Waals surface area (Å²) in [6.45, 7) is 2.52. The second-order valence-electron chi connectivity index (χ2n) is 7.55. The maximum Gasteiger partial charge on any atom is 0.224 e. The number of nitrogens with zero attached hydrogens (tertiary/aromatic N) is 1. The zero-order valence-corrected chi connectivity index (χ0v) is 18.7. The molecule has 0 radical (unpaired) electrons. The Labute approximate surface area is 183 Å². The predicted octanol–water partition coefficient (Wildman–Crippen LogP) is 3.77. The smallest absolute Gasteiger partial charge is 0.224 e. The average Bonchev–Trinajstić information content (AvgIpc) is 2.75. The predicted molar refractivity (Wildman–Crippen MR) is 118 cm³/mol. The maximum atomic E-state index is 12.9. The van der Waals surface area contributed by atoms with E-state index in [9.17, 15) is 13.2 Å². The molecule has 0 saturated carbocycles. The molecule has 1 saturated heterocycles. The normalized spacial score (nSPS) is 18.6. The summed E-state index contributed by atoms with van der Waals surface area (Å²) in [5, 5.41) is 3.58. The molecule has 0 unspecified atom stereocenters. The lowest BCUT2D eigenvalue weighted by atomic mass is 9.97. The molecule has 0 aromatic heterocycles. The minimum absolute atomic E-state index is 0.101. The Morgan fingerprint density at radius 1 is 1.23 bits per heavy atom. The third-order valence-corrected chi connectivity index (χ3v) is 7.44. The number of piperidine rings is 1. The van der Waals surface area contributed by atoms with Gasteiger partial charge in [0.2, 0.25) is 15.9 Å². The highest BCUT2D eigenvalue weighted by Crippen LogP contribution is 2.26. The number of carbonyl (C=O) groups is 1. The van der Waals surface area contributed by atoms with Gasteiger partial charge in [0.1, 0.15) is 5.75 Å². The van der Waals surface area contributed by atoms with Crippen molar-refractivity contribution in [2.24, 2.45) is 5.92 Å². The van der Waals surface area contributed by atoms with Crippen LogP contribution in [0.15, 0.2) is 48.5 Å². The van der Waals surface area contributed by atoms with E-state index in [-0.39, 0.29) is 30.2 Å². The molecule has 2 aromatic rings. The average molecular weight is 451 g/mol. The molecule has 3 rings (SSSR count). The Balaban J connectivity index is 1.64. The third-order valence-electron chi connectivity index (χ3n) is 5.37. The summed E-state index contributed by atoms with van der Waals surface area (Å²) in [5.41, 5.74) is 1.56. The van der Waals surface area contributed by atoms with Gasteiger partial charge in [-0.15, -0.1) is 0 Å². The van der Waals surface area contributed by atoms with Gasteiger partial charge in [0, 0.05) is 23.7 Å². The van der Waals surface area contributed by atoms with E-state index >= 15 is 0 Å². The molecule has 6 nitrogen and oxygen atoms in total. The summed E-state index contributed by atoms with van der Waals surface area (Å²) in [5.74, 6) is 0.0904. The molecule has 1 heterocycles. The Kier molecular flexibility index (Phi) is 7.39. The van der Waals surface area contributed by atoms with Crippen LogP contribution in [0.5, 0.6) is 5.75 Å². The van der Waals surface area contributed by atoms with Crippen molar-refractivity contribution in [2.75, 3.05) is 20.2 Å². The first-order valence-corrected chi connectivity index (χ1v) is 11.9. The summed E-state index contributed by atoms with van der Waals surface area (Å²) < 4.78 is 32.6. The van der Waals surface area contributed by atoms with Gasteiger partial charge in [-0.2, -0.15) is 0 Å². The molecule has 2 atom stereocenters. The molecule has 1 fully saturated rings. The van der Waals surface area contributed by atoms with Gasteiger partial charge < -0.3 is 10.1 Å². The molecule has 0 bridgehead atoms. The molecular formula is C22H27ClN2O4S. The van der Waals surface area contributed by atoms with Crippen LogP contribution in [0, 0.1) is 5.92 Å². The van der Waals surface area contributed by atoms with Crippen molar-refractivity contribution in [3.8, 4) is 5.75 Å².